The number of anilines is 2. The van der Waals surface area contributed by atoms with Crippen molar-refractivity contribution in [2.45, 2.75) is 6.54 Å². The van der Waals surface area contributed by atoms with Crippen LogP contribution in [0.1, 0.15) is 5.69 Å². The molecule has 0 fully saturated rings. The molecule has 0 aliphatic heterocycles. The van der Waals surface area contributed by atoms with Crippen molar-refractivity contribution < 1.29 is 0 Å². The third kappa shape index (κ3) is 2.46. The number of aromatic nitrogens is 2. The maximum atomic E-state index is 6.04. The highest BCUT2D eigenvalue weighted by Crippen LogP contribution is 2.27. The van der Waals surface area contributed by atoms with E-state index in [9.17, 15) is 0 Å². The highest BCUT2D eigenvalue weighted by molar-refractivity contribution is 9.10. The Hall–Kier alpha value is -1.53. The molecule has 3 aromatic rings. The summed E-state index contributed by atoms with van der Waals surface area (Å²) < 4.78 is 3.03. The zero-order valence-corrected chi connectivity index (χ0v) is 12.8. The molecule has 0 unspecified atom stereocenters. The molecular formula is C13H13BrN4S. The number of hydrogen-bond donors (Lipinski definition) is 1. The molecule has 98 valence electrons. The van der Waals surface area contributed by atoms with Crippen LogP contribution in [-0.2, 0) is 6.54 Å². The van der Waals surface area contributed by atoms with Gasteiger partial charge in [-0.25, -0.2) is 4.98 Å². The van der Waals surface area contributed by atoms with Gasteiger partial charge >= 0.3 is 0 Å². The number of nitrogens with two attached hydrogens (primary N) is 1. The van der Waals surface area contributed by atoms with Gasteiger partial charge in [-0.05, 0) is 18.2 Å². The lowest BCUT2D eigenvalue weighted by atomic mass is 10.2. The standard InChI is InChI=1S/C13H13BrN4S/c1-17(12-3-2-9(14)6-11(12)15)7-10-8-18-4-5-19-13(18)16-10/h2-6,8H,7,15H2,1H3. The number of nitrogens with zero attached hydrogens (tertiary/aromatic N) is 3. The molecule has 0 spiro atoms. The average Bonchev–Trinajstić information content (AvgIpc) is 2.89. The number of halogens is 1. The first-order chi connectivity index (χ1) is 9.13. The van der Waals surface area contributed by atoms with E-state index in [1.165, 1.54) is 0 Å². The first-order valence-electron chi connectivity index (χ1n) is 5.81. The molecule has 0 radical (unpaired) electrons. The summed E-state index contributed by atoms with van der Waals surface area (Å²) in [4.78, 5) is 7.70. The summed E-state index contributed by atoms with van der Waals surface area (Å²) in [7, 11) is 2.02. The van der Waals surface area contributed by atoms with E-state index in [1.807, 2.05) is 41.2 Å². The van der Waals surface area contributed by atoms with Crippen molar-refractivity contribution in [3.63, 3.8) is 0 Å². The van der Waals surface area contributed by atoms with Gasteiger partial charge in [0.25, 0.3) is 0 Å². The van der Waals surface area contributed by atoms with Gasteiger partial charge in [0.05, 0.1) is 23.6 Å². The smallest absolute Gasteiger partial charge is 0.193 e. The Bertz CT molecular complexity index is 690. The molecule has 19 heavy (non-hydrogen) atoms. The van der Waals surface area contributed by atoms with Crippen molar-refractivity contribution in [2.75, 3.05) is 17.7 Å². The van der Waals surface area contributed by atoms with E-state index in [2.05, 4.69) is 32.0 Å². The topological polar surface area (TPSA) is 46.6 Å². The Balaban J connectivity index is 1.84. The number of benzene rings is 1. The molecular weight excluding hydrogens is 324 g/mol. The van der Waals surface area contributed by atoms with Crippen LogP contribution < -0.4 is 10.6 Å². The minimum atomic E-state index is 0.736. The SMILES string of the molecule is CN(Cc1cn2ccsc2n1)c1ccc(Br)cc1N. The van der Waals surface area contributed by atoms with Gasteiger partial charge in [0.2, 0.25) is 0 Å². The summed E-state index contributed by atoms with van der Waals surface area (Å²) in [5.41, 5.74) is 8.85. The summed E-state index contributed by atoms with van der Waals surface area (Å²) in [5.74, 6) is 0. The lowest BCUT2D eigenvalue weighted by Crippen LogP contribution is -2.18. The number of hydrogen-bond acceptors (Lipinski definition) is 4. The number of thiazole rings is 1. The fraction of sp³-hybridized carbons (Fsp3) is 0.154. The molecule has 0 saturated carbocycles. The largest absolute Gasteiger partial charge is 0.397 e. The van der Waals surface area contributed by atoms with Crippen molar-refractivity contribution in [1.29, 1.82) is 0 Å². The van der Waals surface area contributed by atoms with Crippen LogP contribution in [-0.4, -0.2) is 16.4 Å². The second-order valence-electron chi connectivity index (χ2n) is 4.38. The van der Waals surface area contributed by atoms with Gasteiger partial charge in [-0.1, -0.05) is 15.9 Å². The van der Waals surface area contributed by atoms with Gasteiger partial charge in [0.15, 0.2) is 4.96 Å². The Labute approximate surface area is 123 Å². The van der Waals surface area contributed by atoms with Crippen molar-refractivity contribution in [2.24, 2.45) is 0 Å². The molecule has 0 aliphatic carbocycles. The third-order valence-electron chi connectivity index (χ3n) is 2.94. The quantitative estimate of drug-likeness (QED) is 0.746. The van der Waals surface area contributed by atoms with Crippen LogP contribution in [0.25, 0.3) is 4.96 Å². The predicted octanol–water partition coefficient (Wildman–Crippen LogP) is 3.38. The maximum absolute atomic E-state index is 6.04. The highest BCUT2D eigenvalue weighted by Gasteiger charge is 2.09. The molecule has 4 nitrogen and oxygen atoms in total. The van der Waals surface area contributed by atoms with Gasteiger partial charge in [-0.15, -0.1) is 11.3 Å². The molecule has 0 atom stereocenters. The van der Waals surface area contributed by atoms with Gasteiger partial charge in [-0.3, -0.25) is 4.40 Å². The van der Waals surface area contributed by atoms with Gasteiger partial charge in [-0.2, -0.15) is 0 Å². The number of nitrogen functional groups attached to an aromatic ring is 1. The van der Waals surface area contributed by atoms with Crippen LogP contribution in [0.2, 0.25) is 0 Å². The van der Waals surface area contributed by atoms with E-state index in [0.717, 1.165) is 33.0 Å². The van der Waals surface area contributed by atoms with Crippen molar-refractivity contribution in [3.8, 4) is 0 Å². The molecule has 1 aromatic carbocycles. The van der Waals surface area contributed by atoms with Gasteiger partial charge < -0.3 is 10.6 Å². The lowest BCUT2D eigenvalue weighted by molar-refractivity contribution is 0.897. The van der Waals surface area contributed by atoms with E-state index in [-0.39, 0.29) is 0 Å². The molecule has 2 aromatic heterocycles. The Kier molecular flexibility index (Phi) is 3.20. The summed E-state index contributed by atoms with van der Waals surface area (Å²) in [6.45, 7) is 0.736. The van der Waals surface area contributed by atoms with Crippen LogP contribution in [0.4, 0.5) is 11.4 Å². The first-order valence-corrected chi connectivity index (χ1v) is 7.48. The molecule has 0 aliphatic rings. The van der Waals surface area contributed by atoms with Crippen LogP contribution in [0.15, 0.2) is 40.4 Å². The normalized spacial score (nSPS) is 11.1. The fourth-order valence-electron chi connectivity index (χ4n) is 2.05. The zero-order chi connectivity index (χ0) is 13.4. The third-order valence-corrected chi connectivity index (χ3v) is 4.21. The molecule has 0 saturated heterocycles. The van der Waals surface area contributed by atoms with Crippen LogP contribution in [0.5, 0.6) is 0 Å². The summed E-state index contributed by atoms with van der Waals surface area (Å²) in [6, 6.07) is 5.92. The van der Waals surface area contributed by atoms with Crippen molar-refractivity contribution >= 4 is 43.6 Å². The van der Waals surface area contributed by atoms with E-state index in [4.69, 9.17) is 5.73 Å². The molecule has 2 N–H and O–H groups in total. The monoisotopic (exact) mass is 336 g/mol. The first kappa shape index (κ1) is 12.5. The van der Waals surface area contributed by atoms with Crippen LogP contribution in [0, 0.1) is 0 Å². The number of fused-ring (bicyclic) bond motifs is 1. The minimum Gasteiger partial charge on any atom is -0.397 e. The molecule has 0 bridgehead atoms. The van der Waals surface area contributed by atoms with Crippen LogP contribution in [0.3, 0.4) is 0 Å². The second kappa shape index (κ2) is 4.86. The van der Waals surface area contributed by atoms with E-state index in [1.54, 1.807) is 11.3 Å². The second-order valence-corrected chi connectivity index (χ2v) is 6.17. The number of rotatable bonds is 3. The zero-order valence-electron chi connectivity index (χ0n) is 10.4. The highest BCUT2D eigenvalue weighted by atomic mass is 79.9. The van der Waals surface area contributed by atoms with E-state index >= 15 is 0 Å². The fourth-order valence-corrected chi connectivity index (χ4v) is 3.15. The number of imidazole rings is 1. The average molecular weight is 337 g/mol. The summed E-state index contributed by atoms with van der Waals surface area (Å²) in [5, 5.41) is 2.03. The molecule has 3 rings (SSSR count). The lowest BCUT2D eigenvalue weighted by Gasteiger charge is -2.20. The summed E-state index contributed by atoms with van der Waals surface area (Å²) >= 11 is 5.06. The van der Waals surface area contributed by atoms with Crippen molar-refractivity contribution in [3.05, 3.63) is 46.1 Å². The van der Waals surface area contributed by atoms with Crippen molar-refractivity contribution in [1.82, 2.24) is 9.38 Å². The summed E-state index contributed by atoms with van der Waals surface area (Å²) in [6.07, 6.45) is 4.07. The van der Waals surface area contributed by atoms with Gasteiger partial charge in [0.1, 0.15) is 0 Å². The molecule has 6 heteroatoms. The minimum absolute atomic E-state index is 0.736. The van der Waals surface area contributed by atoms with E-state index in [0.29, 0.717) is 0 Å². The molecule has 2 heterocycles. The Morgan fingerprint density at radius 2 is 2.32 bits per heavy atom. The molecule has 0 amide bonds. The Morgan fingerprint density at radius 1 is 1.47 bits per heavy atom. The van der Waals surface area contributed by atoms with E-state index < -0.39 is 0 Å². The predicted molar refractivity (Wildman–Crippen MR) is 83.7 cm³/mol. The van der Waals surface area contributed by atoms with Gasteiger partial charge in [0, 0.05) is 29.3 Å². The van der Waals surface area contributed by atoms with Crippen LogP contribution >= 0.6 is 27.3 Å². The maximum Gasteiger partial charge on any atom is 0.193 e. The Morgan fingerprint density at radius 3 is 3.05 bits per heavy atom.